The standard InChI is InChI=1S/C12H20N2O2S3/c1-14(6-7-17-2)19(15,16)9-8-18-12-5-3-4-11(13)10-12/h3-5,10H,6-9,13H2,1-2H3. The van der Waals surface area contributed by atoms with Crippen LogP contribution in [0.2, 0.25) is 0 Å². The van der Waals surface area contributed by atoms with Crippen molar-refractivity contribution in [3.63, 3.8) is 0 Å². The molecule has 1 aromatic rings. The Labute approximate surface area is 124 Å². The molecule has 0 radical (unpaired) electrons. The van der Waals surface area contributed by atoms with Crippen molar-refractivity contribution in [3.05, 3.63) is 24.3 Å². The number of hydrogen-bond acceptors (Lipinski definition) is 5. The number of hydrogen-bond donors (Lipinski definition) is 1. The van der Waals surface area contributed by atoms with Crippen LogP contribution >= 0.6 is 23.5 Å². The summed E-state index contributed by atoms with van der Waals surface area (Å²) in [5.41, 5.74) is 6.38. The molecule has 0 atom stereocenters. The van der Waals surface area contributed by atoms with Gasteiger partial charge in [-0.2, -0.15) is 11.8 Å². The molecule has 0 bridgehead atoms. The molecule has 7 heteroatoms. The lowest BCUT2D eigenvalue weighted by Gasteiger charge is -2.16. The van der Waals surface area contributed by atoms with E-state index >= 15 is 0 Å². The number of thioether (sulfide) groups is 2. The molecule has 0 saturated carbocycles. The van der Waals surface area contributed by atoms with Gasteiger partial charge in [0.1, 0.15) is 0 Å². The highest BCUT2D eigenvalue weighted by Gasteiger charge is 2.16. The van der Waals surface area contributed by atoms with Gasteiger partial charge in [-0.3, -0.25) is 0 Å². The Bertz CT molecular complexity index is 492. The van der Waals surface area contributed by atoms with Crippen molar-refractivity contribution in [1.29, 1.82) is 0 Å². The third kappa shape index (κ3) is 6.07. The number of rotatable bonds is 8. The highest BCUT2D eigenvalue weighted by molar-refractivity contribution is 8.00. The summed E-state index contributed by atoms with van der Waals surface area (Å²) in [5.74, 6) is 1.50. The van der Waals surface area contributed by atoms with Crippen LogP contribution in [0.15, 0.2) is 29.2 Å². The summed E-state index contributed by atoms with van der Waals surface area (Å²) in [6.45, 7) is 0.562. The average molecular weight is 321 g/mol. The summed E-state index contributed by atoms with van der Waals surface area (Å²) >= 11 is 3.15. The quantitative estimate of drug-likeness (QED) is 0.586. The monoisotopic (exact) mass is 320 g/mol. The molecule has 0 aliphatic rings. The van der Waals surface area contributed by atoms with Gasteiger partial charge in [0.15, 0.2) is 0 Å². The van der Waals surface area contributed by atoms with Crippen molar-refractivity contribution in [2.24, 2.45) is 0 Å². The lowest BCUT2D eigenvalue weighted by molar-refractivity contribution is 0.490. The summed E-state index contributed by atoms with van der Waals surface area (Å²) in [7, 11) is -1.51. The Kier molecular flexibility index (Phi) is 7.06. The lowest BCUT2D eigenvalue weighted by Crippen LogP contribution is -2.31. The van der Waals surface area contributed by atoms with Crippen LogP contribution in [0.1, 0.15) is 0 Å². The number of benzene rings is 1. The van der Waals surface area contributed by atoms with E-state index in [4.69, 9.17) is 5.73 Å². The number of nitrogen functional groups attached to an aromatic ring is 1. The van der Waals surface area contributed by atoms with Crippen LogP contribution in [0.25, 0.3) is 0 Å². The molecule has 0 aliphatic carbocycles. The highest BCUT2D eigenvalue weighted by atomic mass is 32.2. The molecule has 0 unspecified atom stereocenters. The maximum Gasteiger partial charge on any atom is 0.214 e. The van der Waals surface area contributed by atoms with Crippen LogP contribution in [-0.4, -0.2) is 49.8 Å². The van der Waals surface area contributed by atoms with Gasteiger partial charge in [-0.25, -0.2) is 12.7 Å². The molecular formula is C12H20N2O2S3. The fourth-order valence-electron chi connectivity index (χ4n) is 1.38. The fraction of sp³-hybridized carbons (Fsp3) is 0.500. The lowest BCUT2D eigenvalue weighted by atomic mass is 10.3. The molecule has 0 fully saturated rings. The van der Waals surface area contributed by atoms with Crippen molar-refractivity contribution < 1.29 is 8.42 Å². The molecule has 0 spiro atoms. The first kappa shape index (κ1) is 16.7. The molecule has 0 heterocycles. The van der Waals surface area contributed by atoms with Crippen molar-refractivity contribution in [3.8, 4) is 0 Å². The van der Waals surface area contributed by atoms with E-state index in [0.717, 1.165) is 10.6 Å². The van der Waals surface area contributed by atoms with Crippen molar-refractivity contribution in [2.75, 3.05) is 42.8 Å². The first-order valence-corrected chi connectivity index (χ1v) is 9.86. The maximum atomic E-state index is 12.0. The Morgan fingerprint density at radius 3 is 2.68 bits per heavy atom. The van der Waals surface area contributed by atoms with E-state index in [9.17, 15) is 8.42 Å². The summed E-state index contributed by atoms with van der Waals surface area (Å²) < 4.78 is 25.4. The van der Waals surface area contributed by atoms with Gasteiger partial charge in [0.05, 0.1) is 5.75 Å². The topological polar surface area (TPSA) is 63.4 Å². The van der Waals surface area contributed by atoms with Crippen LogP contribution < -0.4 is 5.73 Å². The van der Waals surface area contributed by atoms with Crippen molar-refractivity contribution in [1.82, 2.24) is 4.31 Å². The molecular weight excluding hydrogens is 300 g/mol. The number of anilines is 1. The smallest absolute Gasteiger partial charge is 0.214 e. The van der Waals surface area contributed by atoms with Crippen LogP contribution in [0, 0.1) is 0 Å². The fourth-order valence-corrected chi connectivity index (χ4v) is 4.44. The Balaban J connectivity index is 2.43. The van der Waals surface area contributed by atoms with Crippen LogP contribution in [0.3, 0.4) is 0 Å². The minimum absolute atomic E-state index is 0.150. The summed E-state index contributed by atoms with van der Waals surface area (Å²) in [6, 6.07) is 7.48. The Morgan fingerprint density at radius 1 is 1.32 bits per heavy atom. The Hall–Kier alpha value is -0.370. The molecule has 1 rings (SSSR count). The van der Waals surface area contributed by atoms with Crippen LogP contribution in [-0.2, 0) is 10.0 Å². The second kappa shape index (κ2) is 8.04. The second-order valence-corrected chi connectivity index (χ2v) is 8.40. The molecule has 1 aromatic carbocycles. The number of nitrogens with zero attached hydrogens (tertiary/aromatic N) is 1. The van der Waals surface area contributed by atoms with Crippen LogP contribution in [0.5, 0.6) is 0 Å². The molecule has 2 N–H and O–H groups in total. The highest BCUT2D eigenvalue weighted by Crippen LogP contribution is 2.20. The molecule has 108 valence electrons. The first-order chi connectivity index (χ1) is 8.95. The van der Waals surface area contributed by atoms with E-state index in [1.165, 1.54) is 16.1 Å². The van der Waals surface area contributed by atoms with Gasteiger partial charge >= 0.3 is 0 Å². The van der Waals surface area contributed by atoms with E-state index in [2.05, 4.69) is 0 Å². The van der Waals surface area contributed by atoms with Gasteiger partial charge < -0.3 is 5.73 Å². The molecule has 0 amide bonds. The van der Waals surface area contributed by atoms with E-state index in [1.807, 2.05) is 30.5 Å². The van der Waals surface area contributed by atoms with Gasteiger partial charge in [0.2, 0.25) is 10.0 Å². The molecule has 19 heavy (non-hydrogen) atoms. The molecule has 4 nitrogen and oxygen atoms in total. The second-order valence-electron chi connectivity index (χ2n) is 4.05. The van der Waals surface area contributed by atoms with Crippen LogP contribution in [0.4, 0.5) is 5.69 Å². The SMILES string of the molecule is CSCCN(C)S(=O)(=O)CCSc1cccc(N)c1. The maximum absolute atomic E-state index is 12.0. The molecule has 0 saturated heterocycles. The summed E-state index contributed by atoms with van der Waals surface area (Å²) in [4.78, 5) is 1.00. The third-order valence-electron chi connectivity index (χ3n) is 2.55. The molecule has 0 aliphatic heterocycles. The summed E-state index contributed by atoms with van der Waals surface area (Å²) in [5, 5.41) is 0. The largest absolute Gasteiger partial charge is 0.399 e. The molecule has 0 aromatic heterocycles. The van der Waals surface area contributed by atoms with E-state index in [-0.39, 0.29) is 5.75 Å². The number of sulfonamides is 1. The zero-order valence-electron chi connectivity index (χ0n) is 11.2. The first-order valence-electron chi connectivity index (χ1n) is 5.87. The number of nitrogens with two attached hydrogens (primary N) is 1. The van der Waals surface area contributed by atoms with E-state index < -0.39 is 10.0 Å². The predicted octanol–water partition coefficient (Wildman–Crippen LogP) is 1.99. The minimum Gasteiger partial charge on any atom is -0.399 e. The average Bonchev–Trinajstić information content (AvgIpc) is 2.35. The van der Waals surface area contributed by atoms with Gasteiger partial charge in [0.25, 0.3) is 0 Å². The van der Waals surface area contributed by atoms with Gasteiger partial charge in [0, 0.05) is 35.7 Å². The third-order valence-corrected chi connectivity index (χ3v) is 6.25. The van der Waals surface area contributed by atoms with Crippen molar-refractivity contribution >= 4 is 39.2 Å². The van der Waals surface area contributed by atoms with E-state index in [0.29, 0.717) is 18.0 Å². The zero-order chi connectivity index (χ0) is 14.3. The predicted molar refractivity (Wildman–Crippen MR) is 86.4 cm³/mol. The zero-order valence-corrected chi connectivity index (χ0v) is 13.7. The normalized spacial score (nSPS) is 11.9. The van der Waals surface area contributed by atoms with Crippen molar-refractivity contribution in [2.45, 2.75) is 4.90 Å². The van der Waals surface area contributed by atoms with Gasteiger partial charge in [-0.1, -0.05) is 6.07 Å². The van der Waals surface area contributed by atoms with E-state index in [1.54, 1.807) is 18.8 Å². The van der Waals surface area contributed by atoms with Gasteiger partial charge in [-0.15, -0.1) is 11.8 Å². The van der Waals surface area contributed by atoms with Gasteiger partial charge in [-0.05, 0) is 24.5 Å². The minimum atomic E-state index is -3.14. The summed E-state index contributed by atoms with van der Waals surface area (Å²) in [6.07, 6.45) is 1.97. The Morgan fingerprint density at radius 2 is 2.05 bits per heavy atom.